The Morgan fingerprint density at radius 1 is 1.32 bits per heavy atom. The molecule has 22 heavy (non-hydrogen) atoms. The Labute approximate surface area is 142 Å². The van der Waals surface area contributed by atoms with Crippen molar-refractivity contribution in [3.8, 4) is 0 Å². The van der Waals surface area contributed by atoms with E-state index in [1.165, 1.54) is 11.8 Å². The van der Waals surface area contributed by atoms with Crippen molar-refractivity contribution in [2.75, 3.05) is 11.1 Å². The van der Waals surface area contributed by atoms with E-state index in [1.54, 1.807) is 18.2 Å². The maximum Gasteiger partial charge on any atom is 0.277 e. The highest BCUT2D eigenvalue weighted by molar-refractivity contribution is 7.99. The molecule has 1 heterocycles. The standard InChI is InChI=1S/C14H15Cl2N3O2S/c1-14(2,3)12-18-19-13(21-12)22-7-11(20)17-10-6-8(15)4-5-9(10)16/h4-6H,7H2,1-3H3,(H,17,20). The molecule has 0 saturated carbocycles. The first kappa shape index (κ1) is 17.1. The summed E-state index contributed by atoms with van der Waals surface area (Å²) in [5.41, 5.74) is 0.253. The molecule has 0 aliphatic carbocycles. The number of benzene rings is 1. The third kappa shape index (κ3) is 4.63. The molecule has 2 aromatic rings. The van der Waals surface area contributed by atoms with Gasteiger partial charge < -0.3 is 9.73 Å². The Bertz CT molecular complexity index is 683. The normalized spacial score (nSPS) is 11.5. The molecule has 2 rings (SSSR count). The minimum Gasteiger partial charge on any atom is -0.415 e. The Morgan fingerprint density at radius 2 is 2.05 bits per heavy atom. The van der Waals surface area contributed by atoms with Gasteiger partial charge in [-0.15, -0.1) is 10.2 Å². The molecule has 0 bridgehead atoms. The van der Waals surface area contributed by atoms with Crippen molar-refractivity contribution in [3.05, 3.63) is 34.1 Å². The van der Waals surface area contributed by atoms with Gasteiger partial charge in [0, 0.05) is 10.4 Å². The Balaban J connectivity index is 1.93. The van der Waals surface area contributed by atoms with Gasteiger partial charge in [0.15, 0.2) is 0 Å². The van der Waals surface area contributed by atoms with Crippen molar-refractivity contribution in [1.29, 1.82) is 0 Å². The fraction of sp³-hybridized carbons (Fsp3) is 0.357. The number of halogens is 2. The number of carbonyl (C=O) groups is 1. The lowest BCUT2D eigenvalue weighted by Crippen LogP contribution is -2.14. The molecule has 0 aliphatic rings. The molecule has 1 aromatic carbocycles. The van der Waals surface area contributed by atoms with Crippen LogP contribution in [0.15, 0.2) is 27.8 Å². The number of carbonyl (C=O) groups excluding carboxylic acids is 1. The second-order valence-corrected chi connectivity index (χ2v) is 7.35. The number of amides is 1. The van der Waals surface area contributed by atoms with Crippen LogP contribution < -0.4 is 5.32 Å². The molecule has 0 fully saturated rings. The summed E-state index contributed by atoms with van der Waals surface area (Å²) in [4.78, 5) is 11.9. The van der Waals surface area contributed by atoms with E-state index in [-0.39, 0.29) is 17.1 Å². The fourth-order valence-electron chi connectivity index (χ4n) is 1.48. The van der Waals surface area contributed by atoms with Crippen molar-refractivity contribution in [3.63, 3.8) is 0 Å². The summed E-state index contributed by atoms with van der Waals surface area (Å²) in [6.07, 6.45) is 0. The number of hydrogen-bond acceptors (Lipinski definition) is 5. The molecule has 0 radical (unpaired) electrons. The van der Waals surface area contributed by atoms with Crippen molar-refractivity contribution in [2.24, 2.45) is 0 Å². The average molecular weight is 360 g/mol. The SMILES string of the molecule is CC(C)(C)c1nnc(SCC(=O)Nc2cc(Cl)ccc2Cl)o1. The molecule has 5 nitrogen and oxygen atoms in total. The summed E-state index contributed by atoms with van der Waals surface area (Å²) in [5, 5.41) is 11.9. The van der Waals surface area contributed by atoms with Crippen LogP contribution in [-0.2, 0) is 10.2 Å². The first-order valence-corrected chi connectivity index (χ1v) is 8.21. The van der Waals surface area contributed by atoms with Crippen LogP contribution in [0.5, 0.6) is 0 Å². The van der Waals surface area contributed by atoms with Gasteiger partial charge >= 0.3 is 0 Å². The summed E-state index contributed by atoms with van der Waals surface area (Å²) < 4.78 is 5.51. The second kappa shape index (κ2) is 6.89. The maximum atomic E-state index is 11.9. The quantitative estimate of drug-likeness (QED) is 0.819. The van der Waals surface area contributed by atoms with Crippen molar-refractivity contribution in [1.82, 2.24) is 10.2 Å². The third-order valence-corrected chi connectivity index (χ3v) is 3.96. The van der Waals surface area contributed by atoms with Crippen LogP contribution >= 0.6 is 35.0 Å². The molecule has 1 amide bonds. The van der Waals surface area contributed by atoms with Gasteiger partial charge in [-0.1, -0.05) is 55.7 Å². The molecule has 118 valence electrons. The first-order chi connectivity index (χ1) is 10.3. The van der Waals surface area contributed by atoms with Crippen LogP contribution in [0.2, 0.25) is 10.0 Å². The molecule has 1 N–H and O–H groups in total. The topological polar surface area (TPSA) is 68.0 Å². The number of hydrogen-bond donors (Lipinski definition) is 1. The third-order valence-electron chi connectivity index (χ3n) is 2.58. The predicted octanol–water partition coefficient (Wildman–Crippen LogP) is 4.40. The summed E-state index contributed by atoms with van der Waals surface area (Å²) in [5.74, 6) is 0.437. The number of nitrogens with one attached hydrogen (secondary N) is 1. The molecule has 8 heteroatoms. The second-order valence-electron chi connectivity index (χ2n) is 5.58. The largest absolute Gasteiger partial charge is 0.415 e. The van der Waals surface area contributed by atoms with Crippen LogP contribution in [0, 0.1) is 0 Å². The molecule has 0 aliphatic heterocycles. The van der Waals surface area contributed by atoms with Crippen LogP contribution in [0.1, 0.15) is 26.7 Å². The Morgan fingerprint density at radius 3 is 2.68 bits per heavy atom. The number of aromatic nitrogens is 2. The molecule has 0 saturated heterocycles. The van der Waals surface area contributed by atoms with Crippen LogP contribution in [0.25, 0.3) is 0 Å². The average Bonchev–Trinajstić information content (AvgIpc) is 2.89. The van der Waals surface area contributed by atoms with Crippen molar-refractivity contribution in [2.45, 2.75) is 31.4 Å². The number of nitrogens with zero attached hydrogens (tertiary/aromatic N) is 2. The summed E-state index contributed by atoms with van der Waals surface area (Å²) in [6.45, 7) is 5.93. The van der Waals surface area contributed by atoms with E-state index in [4.69, 9.17) is 27.6 Å². The van der Waals surface area contributed by atoms with Gasteiger partial charge in [0.05, 0.1) is 16.5 Å². The molecular weight excluding hydrogens is 345 g/mol. The first-order valence-electron chi connectivity index (χ1n) is 6.47. The van der Waals surface area contributed by atoms with E-state index in [9.17, 15) is 4.79 Å². The van der Waals surface area contributed by atoms with Crippen LogP contribution in [-0.4, -0.2) is 21.9 Å². The zero-order chi connectivity index (χ0) is 16.3. The summed E-state index contributed by atoms with van der Waals surface area (Å²) >= 11 is 13.0. The highest BCUT2D eigenvalue weighted by atomic mass is 35.5. The molecule has 0 spiro atoms. The zero-order valence-electron chi connectivity index (χ0n) is 12.3. The lowest BCUT2D eigenvalue weighted by atomic mass is 9.97. The molecular formula is C14H15Cl2N3O2S. The van der Waals surface area contributed by atoms with Crippen LogP contribution in [0.4, 0.5) is 5.69 Å². The maximum absolute atomic E-state index is 11.9. The van der Waals surface area contributed by atoms with E-state index in [2.05, 4.69) is 15.5 Å². The highest BCUT2D eigenvalue weighted by Gasteiger charge is 2.21. The Hall–Kier alpha value is -1.24. The molecule has 0 atom stereocenters. The fourth-order valence-corrected chi connectivity index (χ4v) is 2.38. The van der Waals surface area contributed by atoms with Gasteiger partial charge in [0.25, 0.3) is 5.22 Å². The van der Waals surface area contributed by atoms with E-state index in [0.717, 1.165) is 0 Å². The highest BCUT2D eigenvalue weighted by Crippen LogP contribution is 2.27. The predicted molar refractivity (Wildman–Crippen MR) is 88.8 cm³/mol. The van der Waals surface area contributed by atoms with Crippen LogP contribution in [0.3, 0.4) is 0 Å². The summed E-state index contributed by atoms with van der Waals surface area (Å²) in [7, 11) is 0. The van der Waals surface area contributed by atoms with E-state index < -0.39 is 0 Å². The zero-order valence-corrected chi connectivity index (χ0v) is 14.6. The van der Waals surface area contributed by atoms with Gasteiger partial charge in [0.1, 0.15) is 0 Å². The minimum absolute atomic E-state index is 0.134. The molecule has 1 aromatic heterocycles. The van der Waals surface area contributed by atoms with E-state index in [0.29, 0.717) is 26.8 Å². The minimum atomic E-state index is -0.232. The van der Waals surface area contributed by atoms with Crippen molar-refractivity contribution < 1.29 is 9.21 Å². The number of thioether (sulfide) groups is 1. The Kier molecular flexibility index (Phi) is 5.36. The smallest absolute Gasteiger partial charge is 0.277 e. The lowest BCUT2D eigenvalue weighted by Gasteiger charge is -2.10. The van der Waals surface area contributed by atoms with Gasteiger partial charge in [0.2, 0.25) is 11.8 Å². The summed E-state index contributed by atoms with van der Waals surface area (Å²) in [6, 6.07) is 4.87. The van der Waals surface area contributed by atoms with Gasteiger partial charge in [-0.25, -0.2) is 0 Å². The van der Waals surface area contributed by atoms with Gasteiger partial charge in [-0.05, 0) is 18.2 Å². The van der Waals surface area contributed by atoms with E-state index >= 15 is 0 Å². The lowest BCUT2D eigenvalue weighted by molar-refractivity contribution is -0.113. The van der Waals surface area contributed by atoms with E-state index in [1.807, 2.05) is 20.8 Å². The number of anilines is 1. The van der Waals surface area contributed by atoms with Crippen molar-refractivity contribution >= 4 is 46.6 Å². The van der Waals surface area contributed by atoms with Gasteiger partial charge in [-0.3, -0.25) is 4.79 Å². The molecule has 0 unspecified atom stereocenters. The monoisotopic (exact) mass is 359 g/mol. The van der Waals surface area contributed by atoms with Gasteiger partial charge in [-0.2, -0.15) is 0 Å². The number of rotatable bonds is 4.